The number of amides is 1. The summed E-state index contributed by atoms with van der Waals surface area (Å²) in [6, 6.07) is 10.1. The molecule has 2 aromatic rings. The maximum atomic E-state index is 11.2. The van der Waals surface area contributed by atoms with E-state index in [4.69, 9.17) is 0 Å². The first-order chi connectivity index (χ1) is 7.83. The van der Waals surface area contributed by atoms with E-state index in [9.17, 15) is 4.79 Å². The van der Waals surface area contributed by atoms with Gasteiger partial charge in [-0.05, 0) is 5.56 Å². The van der Waals surface area contributed by atoms with Gasteiger partial charge in [-0.2, -0.15) is 0 Å². The molecule has 0 saturated carbocycles. The van der Waals surface area contributed by atoms with Crippen molar-refractivity contribution in [3.05, 3.63) is 47.9 Å². The highest BCUT2D eigenvalue weighted by atomic mass is 16.1. The number of carbonyl (C=O) groups is 1. The number of hydrogen-bond acceptors (Lipinski definition) is 2. The van der Waals surface area contributed by atoms with Crippen LogP contribution in [0.3, 0.4) is 0 Å². The predicted molar refractivity (Wildman–Crippen MR) is 60.1 cm³/mol. The minimum atomic E-state index is 0.0277. The molecule has 1 amide bonds. The molecular weight excluding hydrogens is 202 g/mol. The van der Waals surface area contributed by atoms with E-state index in [-0.39, 0.29) is 5.91 Å². The number of carbonyl (C=O) groups excluding carboxylic acids is 1. The van der Waals surface area contributed by atoms with Crippen molar-refractivity contribution in [2.75, 3.05) is 5.32 Å². The van der Waals surface area contributed by atoms with E-state index in [0.29, 0.717) is 12.2 Å². The largest absolute Gasteiger partial charge is 0.328 e. The molecule has 0 fully saturated rings. The Morgan fingerprint density at radius 3 is 2.94 bits per heavy atom. The molecule has 1 aliphatic rings. The molecule has 0 aliphatic carbocycles. The van der Waals surface area contributed by atoms with Crippen molar-refractivity contribution in [3.8, 4) is 0 Å². The molecule has 4 heteroatoms. The Bertz CT molecular complexity index is 530. The van der Waals surface area contributed by atoms with Crippen molar-refractivity contribution in [2.24, 2.45) is 0 Å². The van der Waals surface area contributed by atoms with Gasteiger partial charge < -0.3 is 9.88 Å². The number of rotatable bonds is 2. The number of anilines is 1. The summed E-state index contributed by atoms with van der Waals surface area (Å²) in [4.78, 5) is 15.4. The van der Waals surface area contributed by atoms with Gasteiger partial charge in [-0.25, -0.2) is 4.98 Å². The summed E-state index contributed by atoms with van der Waals surface area (Å²) in [5.74, 6) is 0.737. The Morgan fingerprint density at radius 2 is 2.12 bits per heavy atom. The van der Waals surface area contributed by atoms with Crippen LogP contribution in [0.5, 0.6) is 0 Å². The maximum Gasteiger partial charge on any atom is 0.231 e. The SMILES string of the molecule is O=C1Cc2c(ncn2Cc2ccccc2)N1. The molecule has 1 aromatic heterocycles. The normalized spacial score (nSPS) is 13.6. The quantitative estimate of drug-likeness (QED) is 0.820. The topological polar surface area (TPSA) is 46.9 Å². The van der Waals surface area contributed by atoms with Crippen molar-refractivity contribution >= 4 is 11.7 Å². The zero-order valence-corrected chi connectivity index (χ0v) is 8.68. The number of hydrogen-bond donors (Lipinski definition) is 1. The molecule has 2 heterocycles. The van der Waals surface area contributed by atoms with Gasteiger partial charge in [0.05, 0.1) is 18.4 Å². The van der Waals surface area contributed by atoms with Gasteiger partial charge in [0.15, 0.2) is 5.82 Å². The maximum absolute atomic E-state index is 11.2. The van der Waals surface area contributed by atoms with Crippen LogP contribution in [-0.2, 0) is 17.8 Å². The Hall–Kier alpha value is -2.10. The van der Waals surface area contributed by atoms with E-state index in [2.05, 4.69) is 22.4 Å². The number of benzene rings is 1. The van der Waals surface area contributed by atoms with Crippen LogP contribution in [0.4, 0.5) is 5.82 Å². The Labute approximate surface area is 92.9 Å². The second kappa shape index (κ2) is 3.48. The molecule has 1 aliphatic heterocycles. The second-order valence-corrected chi connectivity index (χ2v) is 3.88. The molecule has 0 saturated heterocycles. The van der Waals surface area contributed by atoms with Gasteiger partial charge in [-0.3, -0.25) is 4.79 Å². The fourth-order valence-corrected chi connectivity index (χ4v) is 1.94. The average molecular weight is 213 g/mol. The van der Waals surface area contributed by atoms with Gasteiger partial charge >= 0.3 is 0 Å². The Kier molecular flexibility index (Phi) is 1.99. The lowest BCUT2D eigenvalue weighted by Gasteiger charge is -2.04. The number of imidazole rings is 1. The zero-order valence-electron chi connectivity index (χ0n) is 8.68. The summed E-state index contributed by atoms with van der Waals surface area (Å²) in [6.07, 6.45) is 2.21. The van der Waals surface area contributed by atoms with Gasteiger partial charge in [0.2, 0.25) is 5.91 Å². The fourth-order valence-electron chi connectivity index (χ4n) is 1.94. The van der Waals surface area contributed by atoms with Crippen LogP contribution in [0.25, 0.3) is 0 Å². The van der Waals surface area contributed by atoms with Crippen molar-refractivity contribution in [1.82, 2.24) is 9.55 Å². The standard InChI is InChI=1S/C12H11N3O/c16-11-6-10-12(14-11)13-8-15(10)7-9-4-2-1-3-5-9/h1-5,8H,6-7H2,(H,14,16). The van der Waals surface area contributed by atoms with Crippen LogP contribution in [0.15, 0.2) is 36.7 Å². The first-order valence-corrected chi connectivity index (χ1v) is 5.21. The lowest BCUT2D eigenvalue weighted by Crippen LogP contribution is -2.08. The third kappa shape index (κ3) is 1.48. The van der Waals surface area contributed by atoms with Gasteiger partial charge in [0, 0.05) is 6.54 Å². The van der Waals surface area contributed by atoms with Gasteiger partial charge in [-0.15, -0.1) is 0 Å². The highest BCUT2D eigenvalue weighted by Crippen LogP contribution is 2.21. The molecule has 80 valence electrons. The monoisotopic (exact) mass is 213 g/mol. The molecule has 3 rings (SSSR count). The molecule has 1 N–H and O–H groups in total. The van der Waals surface area contributed by atoms with Crippen molar-refractivity contribution in [1.29, 1.82) is 0 Å². The van der Waals surface area contributed by atoms with E-state index in [1.165, 1.54) is 5.56 Å². The van der Waals surface area contributed by atoms with Crippen molar-refractivity contribution in [2.45, 2.75) is 13.0 Å². The first-order valence-electron chi connectivity index (χ1n) is 5.21. The summed E-state index contributed by atoms with van der Waals surface area (Å²) >= 11 is 0. The third-order valence-corrected chi connectivity index (χ3v) is 2.73. The van der Waals surface area contributed by atoms with Gasteiger partial charge in [-0.1, -0.05) is 30.3 Å². The smallest absolute Gasteiger partial charge is 0.231 e. The molecular formula is C12H11N3O. The number of nitrogens with zero attached hydrogens (tertiary/aromatic N) is 2. The summed E-state index contributed by atoms with van der Waals surface area (Å²) in [7, 11) is 0. The van der Waals surface area contributed by atoms with E-state index in [1.807, 2.05) is 22.8 Å². The fraction of sp³-hybridized carbons (Fsp3) is 0.167. The molecule has 16 heavy (non-hydrogen) atoms. The highest BCUT2D eigenvalue weighted by Gasteiger charge is 2.22. The third-order valence-electron chi connectivity index (χ3n) is 2.73. The molecule has 4 nitrogen and oxygen atoms in total. The molecule has 0 atom stereocenters. The summed E-state index contributed by atoms with van der Waals surface area (Å²) in [5.41, 5.74) is 2.19. The van der Waals surface area contributed by atoms with Crippen molar-refractivity contribution < 1.29 is 4.79 Å². The molecule has 0 unspecified atom stereocenters. The molecule has 0 radical (unpaired) electrons. The summed E-state index contributed by atoms with van der Waals surface area (Å²) in [6.45, 7) is 0.762. The Morgan fingerprint density at radius 1 is 1.31 bits per heavy atom. The highest BCUT2D eigenvalue weighted by molar-refractivity contribution is 5.97. The van der Waals surface area contributed by atoms with Gasteiger partial charge in [0.25, 0.3) is 0 Å². The zero-order chi connectivity index (χ0) is 11.0. The van der Waals surface area contributed by atoms with Crippen LogP contribution in [0.1, 0.15) is 11.3 Å². The van der Waals surface area contributed by atoms with Crippen LogP contribution >= 0.6 is 0 Å². The van der Waals surface area contributed by atoms with E-state index < -0.39 is 0 Å². The number of aromatic nitrogens is 2. The predicted octanol–water partition coefficient (Wildman–Crippen LogP) is 1.43. The van der Waals surface area contributed by atoms with E-state index in [1.54, 1.807) is 6.33 Å². The number of nitrogens with one attached hydrogen (secondary N) is 1. The lowest BCUT2D eigenvalue weighted by atomic mass is 10.2. The summed E-state index contributed by atoms with van der Waals surface area (Å²) in [5, 5.41) is 2.73. The number of fused-ring (bicyclic) bond motifs is 1. The molecule has 1 aromatic carbocycles. The van der Waals surface area contributed by atoms with Gasteiger partial charge in [0.1, 0.15) is 0 Å². The van der Waals surface area contributed by atoms with Crippen LogP contribution < -0.4 is 5.32 Å². The average Bonchev–Trinajstić information content (AvgIpc) is 2.81. The van der Waals surface area contributed by atoms with Crippen LogP contribution in [-0.4, -0.2) is 15.5 Å². The summed E-state index contributed by atoms with van der Waals surface area (Å²) < 4.78 is 2.02. The minimum absolute atomic E-state index is 0.0277. The van der Waals surface area contributed by atoms with E-state index >= 15 is 0 Å². The molecule has 0 spiro atoms. The van der Waals surface area contributed by atoms with E-state index in [0.717, 1.165) is 12.2 Å². The lowest BCUT2D eigenvalue weighted by molar-refractivity contribution is -0.115. The molecule has 0 bridgehead atoms. The van der Waals surface area contributed by atoms with Crippen LogP contribution in [0.2, 0.25) is 0 Å². The van der Waals surface area contributed by atoms with Crippen molar-refractivity contribution in [3.63, 3.8) is 0 Å². The van der Waals surface area contributed by atoms with Crippen LogP contribution in [0, 0.1) is 0 Å². The Balaban J connectivity index is 1.90. The second-order valence-electron chi connectivity index (χ2n) is 3.88. The first kappa shape index (κ1) is 9.15. The minimum Gasteiger partial charge on any atom is -0.328 e.